The van der Waals surface area contributed by atoms with Gasteiger partial charge in [-0.25, -0.2) is 4.68 Å². The molecule has 2 amide bonds. The van der Waals surface area contributed by atoms with Crippen LogP contribution in [0.1, 0.15) is 38.6 Å². The summed E-state index contributed by atoms with van der Waals surface area (Å²) in [5.74, 6) is -0.387. The van der Waals surface area contributed by atoms with E-state index in [9.17, 15) is 9.59 Å². The quantitative estimate of drug-likeness (QED) is 0.501. The molecule has 0 spiro atoms. The number of anilines is 1. The van der Waals surface area contributed by atoms with E-state index in [4.69, 9.17) is 0 Å². The van der Waals surface area contributed by atoms with Crippen LogP contribution in [0.2, 0.25) is 0 Å². The van der Waals surface area contributed by atoms with Gasteiger partial charge >= 0.3 is 0 Å². The van der Waals surface area contributed by atoms with Gasteiger partial charge in [0.1, 0.15) is 4.83 Å². The number of para-hydroxylation sites is 2. The van der Waals surface area contributed by atoms with Gasteiger partial charge in [-0.15, -0.1) is 11.3 Å². The van der Waals surface area contributed by atoms with Crippen molar-refractivity contribution >= 4 is 39.1 Å². The van der Waals surface area contributed by atoms with Crippen molar-refractivity contribution in [3.05, 3.63) is 76.8 Å². The number of carbonyl (C=O) groups is 2. The van der Waals surface area contributed by atoms with Crippen molar-refractivity contribution < 1.29 is 9.59 Å². The third kappa shape index (κ3) is 3.48. The fourth-order valence-electron chi connectivity index (χ4n) is 3.37. The van der Waals surface area contributed by atoms with Crippen LogP contribution in [0.5, 0.6) is 0 Å². The van der Waals surface area contributed by atoms with Crippen LogP contribution in [-0.4, -0.2) is 27.6 Å². The first-order valence-corrected chi connectivity index (χ1v) is 10.7. The molecule has 0 atom stereocenters. The smallest absolute Gasteiger partial charge is 0.265 e. The molecule has 1 aliphatic rings. The first-order valence-electron chi connectivity index (χ1n) is 9.86. The second kappa shape index (κ2) is 7.42. The molecule has 0 bridgehead atoms. The van der Waals surface area contributed by atoms with Crippen LogP contribution in [0.15, 0.2) is 60.7 Å². The Hall–Kier alpha value is -3.45. The zero-order valence-electron chi connectivity index (χ0n) is 16.4. The highest BCUT2D eigenvalue weighted by Gasteiger charge is 2.25. The number of amides is 2. The van der Waals surface area contributed by atoms with Gasteiger partial charge in [0.05, 0.1) is 27.5 Å². The van der Waals surface area contributed by atoms with Crippen LogP contribution in [-0.2, 0) is 0 Å². The molecular weight excluding hydrogens is 396 g/mol. The van der Waals surface area contributed by atoms with Crippen molar-refractivity contribution in [1.29, 1.82) is 0 Å². The van der Waals surface area contributed by atoms with E-state index in [2.05, 4.69) is 15.7 Å². The third-order valence-electron chi connectivity index (χ3n) is 5.10. The standard InChI is InChI=1S/C23H20N4O2S/c1-14-18-13-20(30-23(18)27(26-14)16-7-3-2-4-8-16)22(29)25-19-10-6-5-9-17(19)21(28)24-15-11-12-15/h2-10,13,15H,11-12H2,1H3,(H,24,28)(H,25,29). The molecule has 0 aliphatic heterocycles. The highest BCUT2D eigenvalue weighted by Crippen LogP contribution is 2.31. The second-order valence-corrected chi connectivity index (χ2v) is 8.44. The van der Waals surface area contributed by atoms with E-state index in [0.29, 0.717) is 16.1 Å². The number of benzene rings is 2. The average Bonchev–Trinajstić information content (AvgIpc) is 3.36. The van der Waals surface area contributed by atoms with Crippen LogP contribution in [0.3, 0.4) is 0 Å². The Balaban J connectivity index is 1.44. The van der Waals surface area contributed by atoms with Crippen LogP contribution < -0.4 is 10.6 Å². The number of fused-ring (bicyclic) bond motifs is 1. The van der Waals surface area contributed by atoms with Crippen molar-refractivity contribution in [1.82, 2.24) is 15.1 Å². The third-order valence-corrected chi connectivity index (χ3v) is 6.21. The van der Waals surface area contributed by atoms with Crippen molar-refractivity contribution in [2.75, 3.05) is 5.32 Å². The summed E-state index contributed by atoms with van der Waals surface area (Å²) >= 11 is 1.39. The van der Waals surface area contributed by atoms with E-state index in [1.165, 1.54) is 11.3 Å². The SMILES string of the molecule is Cc1nn(-c2ccccc2)c2sc(C(=O)Nc3ccccc3C(=O)NC3CC3)cc12. The average molecular weight is 417 g/mol. The fourth-order valence-corrected chi connectivity index (χ4v) is 4.45. The maximum Gasteiger partial charge on any atom is 0.265 e. The Morgan fingerprint density at radius 3 is 2.53 bits per heavy atom. The lowest BCUT2D eigenvalue weighted by molar-refractivity contribution is 0.0952. The van der Waals surface area contributed by atoms with Crippen LogP contribution in [0.4, 0.5) is 5.69 Å². The van der Waals surface area contributed by atoms with Gasteiger partial charge < -0.3 is 10.6 Å². The molecule has 30 heavy (non-hydrogen) atoms. The van der Waals surface area contributed by atoms with Gasteiger partial charge in [0.25, 0.3) is 11.8 Å². The number of nitrogens with one attached hydrogen (secondary N) is 2. The molecule has 2 aromatic carbocycles. The number of hydrogen-bond donors (Lipinski definition) is 2. The molecule has 1 aliphatic carbocycles. The van der Waals surface area contributed by atoms with Crippen molar-refractivity contribution in [2.24, 2.45) is 0 Å². The Labute approximate surface area is 177 Å². The number of carbonyl (C=O) groups excluding carboxylic acids is 2. The van der Waals surface area contributed by atoms with E-state index < -0.39 is 0 Å². The number of nitrogens with zero attached hydrogens (tertiary/aromatic N) is 2. The van der Waals surface area contributed by atoms with Gasteiger partial charge in [-0.2, -0.15) is 5.10 Å². The Morgan fingerprint density at radius 2 is 1.77 bits per heavy atom. The van der Waals surface area contributed by atoms with E-state index in [0.717, 1.165) is 34.4 Å². The molecule has 0 radical (unpaired) electrons. The van der Waals surface area contributed by atoms with Crippen molar-refractivity contribution in [3.8, 4) is 5.69 Å². The predicted octanol–water partition coefficient (Wildman–Crippen LogP) is 4.54. The number of thiophene rings is 1. The Bertz CT molecular complexity index is 1250. The van der Waals surface area contributed by atoms with Crippen molar-refractivity contribution in [3.63, 3.8) is 0 Å². The minimum atomic E-state index is -0.234. The highest BCUT2D eigenvalue weighted by molar-refractivity contribution is 7.20. The van der Waals surface area contributed by atoms with E-state index in [1.54, 1.807) is 18.2 Å². The summed E-state index contributed by atoms with van der Waals surface area (Å²) in [6.45, 7) is 1.94. The molecule has 2 N–H and O–H groups in total. The maximum atomic E-state index is 13.0. The fraction of sp³-hybridized carbons (Fsp3) is 0.174. The minimum Gasteiger partial charge on any atom is -0.349 e. The topological polar surface area (TPSA) is 76.0 Å². The van der Waals surface area contributed by atoms with Crippen LogP contribution >= 0.6 is 11.3 Å². The van der Waals surface area contributed by atoms with E-state index >= 15 is 0 Å². The first kappa shape index (κ1) is 18.6. The summed E-state index contributed by atoms with van der Waals surface area (Å²) in [6.07, 6.45) is 2.03. The molecule has 1 fully saturated rings. The summed E-state index contributed by atoms with van der Waals surface area (Å²) in [6, 6.07) is 19.1. The zero-order valence-corrected chi connectivity index (χ0v) is 17.2. The molecule has 6 nitrogen and oxygen atoms in total. The number of aromatic nitrogens is 2. The first-order chi connectivity index (χ1) is 14.6. The number of aryl methyl sites for hydroxylation is 1. The van der Waals surface area contributed by atoms with Gasteiger partial charge in [-0.05, 0) is 50.1 Å². The second-order valence-electron chi connectivity index (χ2n) is 7.41. The molecule has 7 heteroatoms. The predicted molar refractivity (Wildman–Crippen MR) is 119 cm³/mol. The lowest BCUT2D eigenvalue weighted by atomic mass is 10.1. The summed E-state index contributed by atoms with van der Waals surface area (Å²) in [4.78, 5) is 27.0. The lowest BCUT2D eigenvalue weighted by Gasteiger charge is -2.10. The van der Waals surface area contributed by atoms with Gasteiger partial charge in [-0.3, -0.25) is 9.59 Å². The summed E-state index contributed by atoms with van der Waals surface area (Å²) in [5, 5.41) is 11.5. The van der Waals surface area contributed by atoms with Crippen LogP contribution in [0.25, 0.3) is 15.9 Å². The molecular formula is C23H20N4O2S. The van der Waals surface area contributed by atoms with E-state index in [-0.39, 0.29) is 17.9 Å². The molecule has 150 valence electrons. The molecule has 4 aromatic rings. The lowest BCUT2D eigenvalue weighted by Crippen LogP contribution is -2.26. The zero-order chi connectivity index (χ0) is 20.7. The summed E-state index contributed by atoms with van der Waals surface area (Å²) in [7, 11) is 0. The summed E-state index contributed by atoms with van der Waals surface area (Å²) < 4.78 is 1.86. The molecule has 5 rings (SSSR count). The van der Waals surface area contributed by atoms with Gasteiger partial charge in [0, 0.05) is 11.4 Å². The number of rotatable bonds is 5. The Kier molecular flexibility index (Phi) is 4.59. The van der Waals surface area contributed by atoms with Crippen LogP contribution in [0, 0.1) is 6.92 Å². The van der Waals surface area contributed by atoms with Gasteiger partial charge in [-0.1, -0.05) is 30.3 Å². The molecule has 0 saturated heterocycles. The van der Waals surface area contributed by atoms with E-state index in [1.807, 2.05) is 54.1 Å². The summed E-state index contributed by atoms with van der Waals surface area (Å²) in [5.41, 5.74) is 2.81. The Morgan fingerprint density at radius 1 is 1.03 bits per heavy atom. The normalized spacial score (nSPS) is 13.4. The van der Waals surface area contributed by atoms with Gasteiger partial charge in [0.2, 0.25) is 0 Å². The maximum absolute atomic E-state index is 13.0. The minimum absolute atomic E-state index is 0.152. The highest BCUT2D eigenvalue weighted by atomic mass is 32.1. The van der Waals surface area contributed by atoms with Gasteiger partial charge in [0.15, 0.2) is 0 Å². The largest absolute Gasteiger partial charge is 0.349 e. The molecule has 1 saturated carbocycles. The monoisotopic (exact) mass is 416 g/mol. The molecule has 2 heterocycles. The molecule has 2 aromatic heterocycles. The van der Waals surface area contributed by atoms with Crippen molar-refractivity contribution in [2.45, 2.75) is 25.8 Å². The number of hydrogen-bond acceptors (Lipinski definition) is 4. The molecule has 0 unspecified atom stereocenters.